The first-order valence-corrected chi connectivity index (χ1v) is 7.05. The fourth-order valence-electron chi connectivity index (χ4n) is 1.99. The maximum Gasteiger partial charge on any atom is 0.148 e. The SMILES string of the molecule is NCc1cncc(N(Cc2cccs2)C2CC2)n1. The third-order valence-corrected chi connectivity index (χ3v) is 3.93. The Morgan fingerprint density at radius 1 is 1.39 bits per heavy atom. The Balaban J connectivity index is 1.84. The zero-order valence-corrected chi connectivity index (χ0v) is 10.9. The second-order valence-corrected chi connectivity index (χ2v) is 5.54. The van der Waals surface area contributed by atoms with Crippen molar-refractivity contribution in [3.63, 3.8) is 0 Å². The van der Waals surface area contributed by atoms with E-state index in [1.165, 1.54) is 17.7 Å². The summed E-state index contributed by atoms with van der Waals surface area (Å²) in [5.41, 5.74) is 6.48. The third-order valence-electron chi connectivity index (χ3n) is 3.07. The number of thiophene rings is 1. The Bertz CT molecular complexity index is 507. The molecule has 1 aliphatic carbocycles. The summed E-state index contributed by atoms with van der Waals surface area (Å²) in [6, 6.07) is 4.88. The molecule has 1 fully saturated rings. The number of rotatable bonds is 5. The van der Waals surface area contributed by atoms with Gasteiger partial charge in [0, 0.05) is 23.7 Å². The van der Waals surface area contributed by atoms with Gasteiger partial charge in [-0.2, -0.15) is 0 Å². The van der Waals surface area contributed by atoms with E-state index < -0.39 is 0 Å². The normalized spacial score (nSPS) is 14.7. The number of aromatic nitrogens is 2. The second-order valence-electron chi connectivity index (χ2n) is 4.51. The van der Waals surface area contributed by atoms with Crippen LogP contribution in [0.2, 0.25) is 0 Å². The zero-order valence-electron chi connectivity index (χ0n) is 10.1. The standard InChI is InChI=1S/C13H16N4S/c14-6-10-7-15-8-13(16-10)17(11-3-4-11)9-12-2-1-5-18-12/h1-2,5,7-8,11H,3-4,6,9,14H2. The highest BCUT2D eigenvalue weighted by molar-refractivity contribution is 7.09. The van der Waals surface area contributed by atoms with Crippen LogP contribution >= 0.6 is 11.3 Å². The fraction of sp³-hybridized carbons (Fsp3) is 0.385. The highest BCUT2D eigenvalue weighted by atomic mass is 32.1. The lowest BCUT2D eigenvalue weighted by Gasteiger charge is -2.22. The molecule has 2 aromatic heterocycles. The molecular weight excluding hydrogens is 244 g/mol. The van der Waals surface area contributed by atoms with Crippen molar-refractivity contribution in [2.24, 2.45) is 5.73 Å². The number of nitrogens with zero attached hydrogens (tertiary/aromatic N) is 3. The average molecular weight is 260 g/mol. The summed E-state index contributed by atoms with van der Waals surface area (Å²) in [6.45, 7) is 1.36. The van der Waals surface area contributed by atoms with E-state index in [4.69, 9.17) is 5.73 Å². The van der Waals surface area contributed by atoms with Crippen molar-refractivity contribution in [2.75, 3.05) is 4.90 Å². The minimum absolute atomic E-state index is 0.443. The van der Waals surface area contributed by atoms with Crippen LogP contribution in [-0.2, 0) is 13.1 Å². The van der Waals surface area contributed by atoms with Gasteiger partial charge in [0.15, 0.2) is 0 Å². The molecule has 0 amide bonds. The van der Waals surface area contributed by atoms with Crippen molar-refractivity contribution in [3.05, 3.63) is 40.5 Å². The van der Waals surface area contributed by atoms with E-state index in [1.807, 2.05) is 6.20 Å². The van der Waals surface area contributed by atoms with E-state index >= 15 is 0 Å². The minimum Gasteiger partial charge on any atom is -0.347 e. The highest BCUT2D eigenvalue weighted by Crippen LogP contribution is 2.32. The Labute approximate surface area is 110 Å². The molecule has 0 atom stereocenters. The third kappa shape index (κ3) is 2.52. The molecule has 0 radical (unpaired) electrons. The quantitative estimate of drug-likeness (QED) is 0.895. The van der Waals surface area contributed by atoms with Gasteiger partial charge in [-0.15, -0.1) is 11.3 Å². The summed E-state index contributed by atoms with van der Waals surface area (Å²) < 4.78 is 0. The molecule has 1 saturated carbocycles. The van der Waals surface area contributed by atoms with Gasteiger partial charge >= 0.3 is 0 Å². The minimum atomic E-state index is 0.443. The van der Waals surface area contributed by atoms with Crippen LogP contribution < -0.4 is 10.6 Å². The summed E-state index contributed by atoms with van der Waals surface area (Å²) in [7, 11) is 0. The predicted molar refractivity (Wildman–Crippen MR) is 73.4 cm³/mol. The van der Waals surface area contributed by atoms with E-state index in [0.717, 1.165) is 18.1 Å². The Morgan fingerprint density at radius 2 is 2.28 bits per heavy atom. The first kappa shape index (κ1) is 11.6. The lowest BCUT2D eigenvalue weighted by Crippen LogP contribution is -2.26. The second kappa shape index (κ2) is 5.04. The fourth-order valence-corrected chi connectivity index (χ4v) is 2.69. The smallest absolute Gasteiger partial charge is 0.148 e. The molecule has 18 heavy (non-hydrogen) atoms. The number of hydrogen-bond donors (Lipinski definition) is 1. The van der Waals surface area contributed by atoms with Crippen LogP contribution in [0.5, 0.6) is 0 Å². The van der Waals surface area contributed by atoms with Crippen molar-refractivity contribution < 1.29 is 0 Å². The first-order chi connectivity index (χ1) is 8.86. The van der Waals surface area contributed by atoms with Crippen LogP contribution in [0.4, 0.5) is 5.82 Å². The molecule has 5 heteroatoms. The molecule has 94 valence electrons. The van der Waals surface area contributed by atoms with Crippen LogP contribution in [0.25, 0.3) is 0 Å². The van der Waals surface area contributed by atoms with E-state index in [0.29, 0.717) is 12.6 Å². The van der Waals surface area contributed by atoms with Crippen molar-refractivity contribution in [2.45, 2.75) is 32.0 Å². The van der Waals surface area contributed by atoms with Gasteiger partial charge in [-0.3, -0.25) is 4.98 Å². The molecule has 2 N–H and O–H groups in total. The van der Waals surface area contributed by atoms with Crippen molar-refractivity contribution >= 4 is 17.2 Å². The van der Waals surface area contributed by atoms with E-state index in [2.05, 4.69) is 32.4 Å². The van der Waals surface area contributed by atoms with E-state index in [9.17, 15) is 0 Å². The summed E-state index contributed by atoms with van der Waals surface area (Å²) in [5, 5.41) is 2.11. The van der Waals surface area contributed by atoms with Crippen LogP contribution in [0.3, 0.4) is 0 Å². The van der Waals surface area contributed by atoms with Gasteiger partial charge < -0.3 is 10.6 Å². The number of anilines is 1. The molecule has 0 aliphatic heterocycles. The highest BCUT2D eigenvalue weighted by Gasteiger charge is 2.30. The number of nitrogens with two attached hydrogens (primary N) is 1. The van der Waals surface area contributed by atoms with Gasteiger partial charge in [0.25, 0.3) is 0 Å². The van der Waals surface area contributed by atoms with Crippen LogP contribution in [0.15, 0.2) is 29.9 Å². The molecule has 4 nitrogen and oxygen atoms in total. The van der Waals surface area contributed by atoms with Crippen LogP contribution in [0, 0.1) is 0 Å². The molecule has 0 saturated heterocycles. The van der Waals surface area contributed by atoms with Gasteiger partial charge in [-0.1, -0.05) is 6.07 Å². The Morgan fingerprint density at radius 3 is 2.94 bits per heavy atom. The summed E-state index contributed by atoms with van der Waals surface area (Å²) in [5.74, 6) is 0.953. The summed E-state index contributed by atoms with van der Waals surface area (Å²) in [4.78, 5) is 12.5. The maximum absolute atomic E-state index is 5.63. The summed E-state index contributed by atoms with van der Waals surface area (Å²) in [6.07, 6.45) is 6.07. The van der Waals surface area contributed by atoms with Crippen LogP contribution in [-0.4, -0.2) is 16.0 Å². The Hall–Kier alpha value is -1.46. The molecule has 1 aliphatic rings. The monoisotopic (exact) mass is 260 g/mol. The maximum atomic E-state index is 5.63. The average Bonchev–Trinajstić information content (AvgIpc) is 3.13. The lowest BCUT2D eigenvalue weighted by atomic mass is 10.3. The summed E-state index contributed by atoms with van der Waals surface area (Å²) >= 11 is 1.79. The molecule has 0 unspecified atom stereocenters. The van der Waals surface area contributed by atoms with Gasteiger partial charge in [-0.25, -0.2) is 4.98 Å². The Kier molecular flexibility index (Phi) is 3.25. The largest absolute Gasteiger partial charge is 0.347 e. The predicted octanol–water partition coefficient (Wildman–Crippen LogP) is 2.17. The molecular formula is C13H16N4S. The zero-order chi connectivity index (χ0) is 12.4. The van der Waals surface area contributed by atoms with E-state index in [1.54, 1.807) is 17.5 Å². The van der Waals surface area contributed by atoms with Gasteiger partial charge in [-0.05, 0) is 24.3 Å². The van der Waals surface area contributed by atoms with Gasteiger partial charge in [0.05, 0.1) is 18.4 Å². The van der Waals surface area contributed by atoms with Gasteiger partial charge in [0.2, 0.25) is 0 Å². The van der Waals surface area contributed by atoms with Gasteiger partial charge in [0.1, 0.15) is 5.82 Å². The van der Waals surface area contributed by atoms with E-state index in [-0.39, 0.29) is 0 Å². The molecule has 2 heterocycles. The van der Waals surface area contributed by atoms with Crippen molar-refractivity contribution in [3.8, 4) is 0 Å². The lowest BCUT2D eigenvalue weighted by molar-refractivity contribution is 0.773. The van der Waals surface area contributed by atoms with Crippen molar-refractivity contribution in [1.82, 2.24) is 9.97 Å². The first-order valence-electron chi connectivity index (χ1n) is 6.17. The molecule has 0 aromatic carbocycles. The van der Waals surface area contributed by atoms with Crippen molar-refractivity contribution in [1.29, 1.82) is 0 Å². The molecule has 3 rings (SSSR count). The van der Waals surface area contributed by atoms with Crippen LogP contribution in [0.1, 0.15) is 23.4 Å². The topological polar surface area (TPSA) is 55.0 Å². The molecule has 2 aromatic rings. The molecule has 0 bridgehead atoms. The number of hydrogen-bond acceptors (Lipinski definition) is 5. The molecule has 0 spiro atoms.